The Labute approximate surface area is 115 Å². The normalized spacial score (nSPS) is 13.4. The fraction of sp³-hybridized carbons (Fsp3) is 0.417. The number of nitrogens with zero attached hydrogens (tertiary/aromatic N) is 2. The van der Waals surface area contributed by atoms with Crippen molar-refractivity contribution in [2.75, 3.05) is 6.61 Å². The summed E-state index contributed by atoms with van der Waals surface area (Å²) in [5.41, 5.74) is 4.60. The van der Waals surface area contributed by atoms with E-state index >= 15 is 0 Å². The van der Waals surface area contributed by atoms with Crippen LogP contribution in [0.15, 0.2) is 18.2 Å². The van der Waals surface area contributed by atoms with Gasteiger partial charge in [0, 0.05) is 17.2 Å². The number of nitro groups is 1. The van der Waals surface area contributed by atoms with Crippen molar-refractivity contribution in [3.05, 3.63) is 33.3 Å². The molecule has 0 aromatic heterocycles. The Morgan fingerprint density at radius 1 is 1.63 bits per heavy atom. The maximum absolute atomic E-state index is 10.8. The van der Waals surface area contributed by atoms with Crippen LogP contribution in [-0.4, -0.2) is 17.1 Å². The highest BCUT2D eigenvalue weighted by Gasteiger charge is 2.18. The third kappa shape index (κ3) is 4.73. The Hall–Kier alpha value is -1.84. The highest BCUT2D eigenvalue weighted by Crippen LogP contribution is 2.30. The number of halogens is 1. The molecular weight excluding hydrogens is 270 g/mol. The van der Waals surface area contributed by atoms with Gasteiger partial charge in [-0.05, 0) is 25.8 Å². The number of nitriles is 1. The van der Waals surface area contributed by atoms with E-state index in [4.69, 9.17) is 27.3 Å². The minimum absolute atomic E-state index is 0.119. The van der Waals surface area contributed by atoms with Crippen LogP contribution in [0, 0.1) is 21.4 Å². The molecule has 1 atom stereocenters. The van der Waals surface area contributed by atoms with E-state index < -0.39 is 10.5 Å². The minimum atomic E-state index is -0.913. The molecule has 0 saturated heterocycles. The molecule has 0 aliphatic heterocycles. The van der Waals surface area contributed by atoms with Gasteiger partial charge in [-0.25, -0.2) is 0 Å². The molecule has 0 aliphatic carbocycles. The number of rotatable bonds is 6. The van der Waals surface area contributed by atoms with E-state index in [2.05, 4.69) is 0 Å². The first kappa shape index (κ1) is 15.2. The largest absolute Gasteiger partial charge is 0.487 e. The van der Waals surface area contributed by atoms with Gasteiger partial charge >= 0.3 is 5.69 Å². The molecule has 0 heterocycles. The summed E-state index contributed by atoms with van der Waals surface area (Å²) in [6, 6.07) is 6.09. The van der Waals surface area contributed by atoms with Gasteiger partial charge in [0.15, 0.2) is 5.75 Å². The maximum atomic E-state index is 10.8. The third-order valence-electron chi connectivity index (χ3n) is 2.47. The third-order valence-corrected chi connectivity index (χ3v) is 2.71. The molecular formula is C12H14ClN3O3. The number of ether oxygens (including phenoxy) is 1. The van der Waals surface area contributed by atoms with E-state index in [-0.39, 0.29) is 18.0 Å². The van der Waals surface area contributed by atoms with Crippen LogP contribution in [0.3, 0.4) is 0 Å². The lowest BCUT2D eigenvalue weighted by atomic mass is 10.00. The molecule has 0 aliphatic rings. The molecule has 6 nitrogen and oxygen atoms in total. The fourth-order valence-corrected chi connectivity index (χ4v) is 1.59. The van der Waals surface area contributed by atoms with Crippen LogP contribution in [0.2, 0.25) is 5.02 Å². The van der Waals surface area contributed by atoms with Crippen molar-refractivity contribution >= 4 is 17.3 Å². The first-order valence-electron chi connectivity index (χ1n) is 5.62. The van der Waals surface area contributed by atoms with Crippen molar-refractivity contribution < 1.29 is 9.66 Å². The number of nitro benzene ring substituents is 1. The van der Waals surface area contributed by atoms with Gasteiger partial charge in [-0.15, -0.1) is 0 Å². The summed E-state index contributed by atoms with van der Waals surface area (Å²) in [6.45, 7) is 1.85. The van der Waals surface area contributed by atoms with E-state index in [0.29, 0.717) is 17.9 Å². The summed E-state index contributed by atoms with van der Waals surface area (Å²) in [5, 5.41) is 19.9. The van der Waals surface area contributed by atoms with E-state index in [9.17, 15) is 10.1 Å². The molecule has 0 fully saturated rings. The second-order valence-corrected chi connectivity index (χ2v) is 4.79. The summed E-state index contributed by atoms with van der Waals surface area (Å²) in [5.74, 6) is 0.119. The van der Waals surface area contributed by atoms with Crippen LogP contribution in [-0.2, 0) is 0 Å². The first-order chi connectivity index (χ1) is 8.85. The predicted molar refractivity (Wildman–Crippen MR) is 71.0 cm³/mol. The highest BCUT2D eigenvalue weighted by atomic mass is 35.5. The quantitative estimate of drug-likeness (QED) is 0.491. The zero-order chi connectivity index (χ0) is 14.5. The molecule has 0 saturated carbocycles. The molecule has 0 amide bonds. The van der Waals surface area contributed by atoms with Crippen LogP contribution >= 0.6 is 11.6 Å². The molecule has 7 heteroatoms. The zero-order valence-corrected chi connectivity index (χ0v) is 11.2. The Bertz CT molecular complexity index is 511. The first-order valence-corrected chi connectivity index (χ1v) is 6.00. The van der Waals surface area contributed by atoms with Crippen LogP contribution in [0.25, 0.3) is 0 Å². The Morgan fingerprint density at radius 2 is 2.32 bits per heavy atom. The van der Waals surface area contributed by atoms with Gasteiger partial charge in [0.25, 0.3) is 0 Å². The molecule has 102 valence electrons. The van der Waals surface area contributed by atoms with Crippen molar-refractivity contribution in [1.82, 2.24) is 0 Å². The van der Waals surface area contributed by atoms with Crippen LogP contribution < -0.4 is 10.5 Å². The minimum Gasteiger partial charge on any atom is -0.487 e. The van der Waals surface area contributed by atoms with Crippen molar-refractivity contribution in [1.29, 1.82) is 5.26 Å². The highest BCUT2D eigenvalue weighted by molar-refractivity contribution is 6.30. The van der Waals surface area contributed by atoms with Gasteiger partial charge in [-0.2, -0.15) is 5.26 Å². The molecule has 0 radical (unpaired) electrons. The molecule has 1 aromatic rings. The number of hydrogen-bond donors (Lipinski definition) is 1. The predicted octanol–water partition coefficient (Wildman–Crippen LogP) is 2.65. The summed E-state index contributed by atoms with van der Waals surface area (Å²) >= 11 is 5.76. The van der Waals surface area contributed by atoms with Gasteiger partial charge < -0.3 is 10.5 Å². The SMILES string of the molecule is CC(N)(C#N)CCCOc1cc(Cl)ccc1[N+](=O)[O-]. The van der Waals surface area contributed by atoms with Gasteiger partial charge in [0.1, 0.15) is 5.54 Å². The van der Waals surface area contributed by atoms with Crippen molar-refractivity contribution in [2.45, 2.75) is 25.3 Å². The lowest BCUT2D eigenvalue weighted by Gasteiger charge is -2.14. The van der Waals surface area contributed by atoms with Crippen LogP contribution in [0.1, 0.15) is 19.8 Å². The Morgan fingerprint density at radius 3 is 2.89 bits per heavy atom. The average Bonchev–Trinajstić information content (AvgIpc) is 2.34. The number of hydrogen-bond acceptors (Lipinski definition) is 5. The van der Waals surface area contributed by atoms with Crippen molar-refractivity contribution in [2.24, 2.45) is 5.73 Å². The van der Waals surface area contributed by atoms with Gasteiger partial charge in [-0.1, -0.05) is 11.6 Å². The molecule has 19 heavy (non-hydrogen) atoms. The summed E-state index contributed by atoms with van der Waals surface area (Å²) in [6.07, 6.45) is 0.960. The molecule has 1 unspecified atom stereocenters. The van der Waals surface area contributed by atoms with E-state index in [1.807, 2.05) is 6.07 Å². The summed E-state index contributed by atoms with van der Waals surface area (Å²) < 4.78 is 5.33. The van der Waals surface area contributed by atoms with Gasteiger partial charge in [0.05, 0.1) is 17.6 Å². The summed E-state index contributed by atoms with van der Waals surface area (Å²) in [7, 11) is 0. The van der Waals surface area contributed by atoms with Crippen molar-refractivity contribution in [3.63, 3.8) is 0 Å². The van der Waals surface area contributed by atoms with Crippen LogP contribution in [0.4, 0.5) is 5.69 Å². The smallest absolute Gasteiger partial charge is 0.311 e. The van der Waals surface area contributed by atoms with E-state index in [0.717, 1.165) is 0 Å². The van der Waals surface area contributed by atoms with E-state index in [1.54, 1.807) is 6.92 Å². The van der Waals surface area contributed by atoms with E-state index in [1.165, 1.54) is 18.2 Å². The van der Waals surface area contributed by atoms with Crippen LogP contribution in [0.5, 0.6) is 5.75 Å². The molecule has 1 rings (SSSR count). The van der Waals surface area contributed by atoms with Crippen molar-refractivity contribution in [3.8, 4) is 11.8 Å². The summed E-state index contributed by atoms with van der Waals surface area (Å²) in [4.78, 5) is 10.3. The second kappa shape index (κ2) is 6.36. The van der Waals surface area contributed by atoms with Gasteiger partial charge in [-0.3, -0.25) is 10.1 Å². The second-order valence-electron chi connectivity index (χ2n) is 4.35. The molecule has 0 bridgehead atoms. The van der Waals surface area contributed by atoms with Gasteiger partial charge in [0.2, 0.25) is 0 Å². The molecule has 0 spiro atoms. The number of benzene rings is 1. The standard InChI is InChI=1S/C12H14ClN3O3/c1-12(15,8-14)5-2-6-19-11-7-9(13)3-4-10(11)16(17)18/h3-4,7H,2,5-6,15H2,1H3. The average molecular weight is 284 g/mol. The maximum Gasteiger partial charge on any atom is 0.311 e. The topological polar surface area (TPSA) is 102 Å². The molecule has 1 aromatic carbocycles. The molecule has 2 N–H and O–H groups in total. The fourth-order valence-electron chi connectivity index (χ4n) is 1.43. The lowest BCUT2D eigenvalue weighted by Crippen LogP contribution is -2.34. The zero-order valence-electron chi connectivity index (χ0n) is 10.4. The lowest BCUT2D eigenvalue weighted by molar-refractivity contribution is -0.385. The number of nitrogens with two attached hydrogens (primary N) is 1. The monoisotopic (exact) mass is 283 g/mol. The Balaban J connectivity index is 2.61. The Kier molecular flexibility index (Phi) is 5.10.